The summed E-state index contributed by atoms with van der Waals surface area (Å²) in [4.78, 5) is 12.1. The van der Waals surface area contributed by atoms with Crippen LogP contribution >= 0.6 is 0 Å². The minimum absolute atomic E-state index is 0.163. The third-order valence-electron chi connectivity index (χ3n) is 4.36. The Kier molecular flexibility index (Phi) is 6.05. The molecule has 0 aliphatic heterocycles. The number of rotatable bonds is 6. The summed E-state index contributed by atoms with van der Waals surface area (Å²) in [5.41, 5.74) is 11.7. The molecule has 0 aliphatic rings. The lowest BCUT2D eigenvalue weighted by molar-refractivity contribution is -0.148. The Balaban J connectivity index is 1.95. The van der Waals surface area contributed by atoms with Gasteiger partial charge in [-0.05, 0) is 48.1 Å². The highest BCUT2D eigenvalue weighted by Crippen LogP contribution is 2.33. The van der Waals surface area contributed by atoms with Crippen LogP contribution < -0.4 is 5.73 Å². The van der Waals surface area contributed by atoms with Gasteiger partial charge in [-0.15, -0.1) is 0 Å². The first-order chi connectivity index (χ1) is 13.0. The molecule has 3 aromatic rings. The first-order valence-electron chi connectivity index (χ1n) is 9.24. The van der Waals surface area contributed by atoms with Crippen LogP contribution in [0.15, 0.2) is 78.9 Å². The molecule has 3 rings (SSSR count). The third kappa shape index (κ3) is 4.83. The van der Waals surface area contributed by atoms with Gasteiger partial charge in [-0.25, -0.2) is 0 Å². The van der Waals surface area contributed by atoms with Gasteiger partial charge >= 0.3 is 5.97 Å². The lowest BCUT2D eigenvalue weighted by Crippen LogP contribution is -2.35. The van der Waals surface area contributed by atoms with Gasteiger partial charge in [0.2, 0.25) is 0 Å². The molecule has 0 bridgehead atoms. The topological polar surface area (TPSA) is 52.3 Å². The second-order valence-electron chi connectivity index (χ2n) is 6.91. The summed E-state index contributed by atoms with van der Waals surface area (Å²) in [5.74, 6) is -0.363. The average Bonchev–Trinajstić information content (AvgIpc) is 2.69. The molecule has 3 heteroatoms. The minimum Gasteiger partial charge on any atom is -0.462 e. The number of ether oxygens (including phenoxy) is 1. The van der Waals surface area contributed by atoms with E-state index >= 15 is 0 Å². The largest absolute Gasteiger partial charge is 0.462 e. The molecule has 1 atom stereocenters. The van der Waals surface area contributed by atoms with E-state index in [4.69, 9.17) is 10.5 Å². The number of carbonyl (C=O) groups is 1. The van der Waals surface area contributed by atoms with E-state index in [0.29, 0.717) is 6.42 Å². The van der Waals surface area contributed by atoms with E-state index in [9.17, 15) is 4.79 Å². The average molecular weight is 359 g/mol. The van der Waals surface area contributed by atoms with Crippen LogP contribution in [0.2, 0.25) is 0 Å². The van der Waals surface area contributed by atoms with Crippen molar-refractivity contribution in [3.8, 4) is 22.3 Å². The SMILES string of the molecule is CC(C)OC(=O)[C@@H](N)Cc1ccc(-c2ccccc2)c(-c2ccccc2)c1. The van der Waals surface area contributed by atoms with Crippen LogP contribution in [0.3, 0.4) is 0 Å². The molecule has 0 aromatic heterocycles. The molecule has 0 saturated heterocycles. The lowest BCUT2D eigenvalue weighted by atomic mass is 9.91. The van der Waals surface area contributed by atoms with E-state index in [1.807, 2.05) is 56.3 Å². The molecule has 0 radical (unpaired) electrons. The predicted octanol–water partition coefficient (Wildman–Crippen LogP) is 4.84. The summed E-state index contributed by atoms with van der Waals surface area (Å²) in [6, 6.07) is 26.2. The molecular formula is C24H25NO2. The fourth-order valence-electron chi connectivity index (χ4n) is 3.10. The van der Waals surface area contributed by atoms with Gasteiger partial charge in [0.15, 0.2) is 0 Å². The van der Waals surface area contributed by atoms with E-state index in [2.05, 4.69) is 36.4 Å². The summed E-state index contributed by atoms with van der Waals surface area (Å²) in [6.07, 6.45) is 0.282. The highest BCUT2D eigenvalue weighted by atomic mass is 16.5. The van der Waals surface area contributed by atoms with Crippen LogP contribution in [0.1, 0.15) is 19.4 Å². The molecule has 138 valence electrons. The van der Waals surface area contributed by atoms with Crippen molar-refractivity contribution in [2.75, 3.05) is 0 Å². The summed E-state index contributed by atoms with van der Waals surface area (Å²) in [5, 5.41) is 0. The second kappa shape index (κ2) is 8.65. The summed E-state index contributed by atoms with van der Waals surface area (Å²) in [7, 11) is 0. The standard InChI is InChI=1S/C24H25NO2/c1-17(2)27-24(26)23(25)16-18-13-14-21(19-9-5-3-6-10-19)22(15-18)20-11-7-4-8-12-20/h3-15,17,23H,16,25H2,1-2H3/t23-/m0/s1. The van der Waals surface area contributed by atoms with Crippen LogP contribution in [-0.4, -0.2) is 18.1 Å². The van der Waals surface area contributed by atoms with Crippen molar-refractivity contribution in [1.29, 1.82) is 0 Å². The van der Waals surface area contributed by atoms with Gasteiger partial charge in [-0.3, -0.25) is 4.79 Å². The molecule has 3 nitrogen and oxygen atoms in total. The van der Waals surface area contributed by atoms with Crippen molar-refractivity contribution >= 4 is 5.97 Å². The molecule has 2 N–H and O–H groups in total. The number of carbonyl (C=O) groups excluding carboxylic acids is 1. The van der Waals surface area contributed by atoms with Gasteiger partial charge in [0.25, 0.3) is 0 Å². The molecule has 27 heavy (non-hydrogen) atoms. The van der Waals surface area contributed by atoms with E-state index in [1.165, 1.54) is 0 Å². The number of esters is 1. The highest BCUT2D eigenvalue weighted by Gasteiger charge is 2.18. The Morgan fingerprint density at radius 3 is 1.96 bits per heavy atom. The van der Waals surface area contributed by atoms with Crippen molar-refractivity contribution in [3.63, 3.8) is 0 Å². The van der Waals surface area contributed by atoms with Gasteiger partial charge in [-0.1, -0.05) is 78.9 Å². The molecular weight excluding hydrogens is 334 g/mol. The normalized spacial score (nSPS) is 12.0. The third-order valence-corrected chi connectivity index (χ3v) is 4.36. The van der Waals surface area contributed by atoms with E-state index in [1.54, 1.807) is 0 Å². The minimum atomic E-state index is -0.668. The summed E-state index contributed by atoms with van der Waals surface area (Å²) >= 11 is 0. The van der Waals surface area contributed by atoms with Crippen molar-refractivity contribution in [2.24, 2.45) is 5.73 Å². The van der Waals surface area contributed by atoms with Crippen molar-refractivity contribution in [2.45, 2.75) is 32.4 Å². The predicted molar refractivity (Wildman–Crippen MR) is 110 cm³/mol. The highest BCUT2D eigenvalue weighted by molar-refractivity contribution is 5.84. The van der Waals surface area contributed by atoms with Crippen LogP contribution in [0, 0.1) is 0 Å². The fraction of sp³-hybridized carbons (Fsp3) is 0.208. The molecule has 0 aliphatic carbocycles. The molecule has 3 aromatic carbocycles. The fourth-order valence-corrected chi connectivity index (χ4v) is 3.10. The zero-order valence-electron chi connectivity index (χ0n) is 15.8. The van der Waals surface area contributed by atoms with Gasteiger partial charge < -0.3 is 10.5 Å². The second-order valence-corrected chi connectivity index (χ2v) is 6.91. The maximum Gasteiger partial charge on any atom is 0.323 e. The molecule has 0 amide bonds. The molecule has 0 fully saturated rings. The maximum absolute atomic E-state index is 12.1. The van der Waals surface area contributed by atoms with Crippen molar-refractivity contribution in [1.82, 2.24) is 0 Å². The summed E-state index contributed by atoms with van der Waals surface area (Å²) in [6.45, 7) is 3.65. The quantitative estimate of drug-likeness (QED) is 0.641. The number of hydrogen-bond acceptors (Lipinski definition) is 3. The van der Waals surface area contributed by atoms with Gasteiger partial charge in [0.1, 0.15) is 6.04 Å². The van der Waals surface area contributed by atoms with E-state index < -0.39 is 6.04 Å². The zero-order valence-corrected chi connectivity index (χ0v) is 15.8. The Hall–Kier alpha value is -2.91. The van der Waals surface area contributed by atoms with E-state index in [-0.39, 0.29) is 12.1 Å². The van der Waals surface area contributed by atoms with Crippen LogP contribution in [-0.2, 0) is 16.0 Å². The maximum atomic E-state index is 12.1. The number of nitrogens with two attached hydrogens (primary N) is 1. The van der Waals surface area contributed by atoms with Crippen LogP contribution in [0.25, 0.3) is 22.3 Å². The van der Waals surface area contributed by atoms with Crippen molar-refractivity contribution < 1.29 is 9.53 Å². The Bertz CT molecular complexity index is 889. The Morgan fingerprint density at radius 1 is 0.852 bits per heavy atom. The molecule has 0 saturated carbocycles. The first kappa shape index (κ1) is 18.9. The van der Waals surface area contributed by atoms with Crippen LogP contribution in [0.5, 0.6) is 0 Å². The van der Waals surface area contributed by atoms with Gasteiger partial charge in [-0.2, -0.15) is 0 Å². The smallest absolute Gasteiger partial charge is 0.323 e. The summed E-state index contributed by atoms with van der Waals surface area (Å²) < 4.78 is 5.23. The van der Waals surface area contributed by atoms with Gasteiger partial charge in [0.05, 0.1) is 6.10 Å². The molecule has 0 unspecified atom stereocenters. The molecule has 0 heterocycles. The number of hydrogen-bond donors (Lipinski definition) is 1. The van der Waals surface area contributed by atoms with Gasteiger partial charge in [0, 0.05) is 0 Å². The van der Waals surface area contributed by atoms with E-state index in [0.717, 1.165) is 27.8 Å². The Morgan fingerprint density at radius 2 is 1.41 bits per heavy atom. The zero-order chi connectivity index (χ0) is 19.2. The van der Waals surface area contributed by atoms with Crippen LogP contribution in [0.4, 0.5) is 0 Å². The first-order valence-corrected chi connectivity index (χ1v) is 9.24. The Labute approximate surface area is 160 Å². The monoisotopic (exact) mass is 359 g/mol. The van der Waals surface area contributed by atoms with Crippen molar-refractivity contribution in [3.05, 3.63) is 84.4 Å². The molecule has 0 spiro atoms. The number of benzene rings is 3. The lowest BCUT2D eigenvalue weighted by Gasteiger charge is -2.16.